The van der Waals surface area contributed by atoms with Crippen molar-refractivity contribution in [1.82, 2.24) is 31.1 Å². The Morgan fingerprint density at radius 1 is 0.926 bits per heavy atom. The number of carbonyl (C=O) groups excluding carboxylic acids is 7. The fourth-order valence-corrected chi connectivity index (χ4v) is 5.85. The van der Waals surface area contributed by atoms with Crippen molar-refractivity contribution >= 4 is 41.4 Å². The van der Waals surface area contributed by atoms with Crippen LogP contribution in [0.1, 0.15) is 99.6 Å². The summed E-state index contributed by atoms with van der Waals surface area (Å²) in [7, 11) is 3.11. The summed E-state index contributed by atoms with van der Waals surface area (Å²) in [5.74, 6) is -4.24. The van der Waals surface area contributed by atoms with Crippen LogP contribution < -0.4 is 21.3 Å². The van der Waals surface area contributed by atoms with Crippen molar-refractivity contribution in [2.75, 3.05) is 33.8 Å². The number of hydrogen-bond donors (Lipinski definition) is 4. The minimum absolute atomic E-state index is 0.0486. The number of likely N-dealkylation sites (N-methyl/N-ethyl adjacent to an activating group) is 1. The van der Waals surface area contributed by atoms with E-state index >= 15 is 0 Å². The minimum atomic E-state index is -1.25. The first kappa shape index (κ1) is 45.6. The molecule has 1 fully saturated rings. The molecule has 1 saturated heterocycles. The maximum Gasteiger partial charge on any atom is 0.407 e. The lowest BCUT2D eigenvalue weighted by Gasteiger charge is -2.35. The summed E-state index contributed by atoms with van der Waals surface area (Å²) in [4.78, 5) is 96.0. The van der Waals surface area contributed by atoms with E-state index in [9.17, 15) is 33.6 Å². The highest BCUT2D eigenvalue weighted by atomic mass is 16.5. The van der Waals surface area contributed by atoms with Crippen LogP contribution in [0.3, 0.4) is 0 Å². The molecule has 0 aromatic heterocycles. The summed E-state index contributed by atoms with van der Waals surface area (Å²) in [6.45, 7) is 16.2. The molecule has 1 aliphatic heterocycles. The number of nitrogens with zero attached hydrogens (tertiary/aromatic N) is 2. The van der Waals surface area contributed by atoms with Gasteiger partial charge in [-0.1, -0.05) is 84.7 Å². The Hall–Kier alpha value is -4.53. The maximum atomic E-state index is 14.2. The standard InChI is InChI=1S/C39H62N6O9/c1-12-13-19-27(31(47)34(49)40-21-29(46)42-30(35(50)44(10)11)25-17-15-14-16-18-25)41-33(48)28-20-26(54-39(7,8)9)22-45(28)36(51)32(38(4,5)6)43-37(52)53-23-24(2)3/h14-18,24,26-28,30,32H,12-13,19-23H2,1-11H3,(H,40,49)(H,41,48)(H,42,46)(H,43,52)/t26-,27?,28?,30+,32-/m1/s1. The Morgan fingerprint density at radius 2 is 1.56 bits per heavy atom. The van der Waals surface area contributed by atoms with E-state index in [2.05, 4.69) is 21.3 Å². The van der Waals surface area contributed by atoms with Gasteiger partial charge in [0.15, 0.2) is 0 Å². The predicted molar refractivity (Wildman–Crippen MR) is 203 cm³/mol. The van der Waals surface area contributed by atoms with Gasteiger partial charge in [-0.15, -0.1) is 0 Å². The first-order valence-corrected chi connectivity index (χ1v) is 18.6. The largest absolute Gasteiger partial charge is 0.449 e. The smallest absolute Gasteiger partial charge is 0.407 e. The highest BCUT2D eigenvalue weighted by Gasteiger charge is 2.47. The van der Waals surface area contributed by atoms with Crippen molar-refractivity contribution in [2.24, 2.45) is 11.3 Å². The number of nitrogens with one attached hydrogen (secondary N) is 4. The molecule has 0 spiro atoms. The van der Waals surface area contributed by atoms with Crippen molar-refractivity contribution in [1.29, 1.82) is 0 Å². The first-order valence-electron chi connectivity index (χ1n) is 18.6. The Balaban J connectivity index is 2.27. The van der Waals surface area contributed by atoms with Crippen LogP contribution in [0.25, 0.3) is 0 Å². The Labute approximate surface area is 320 Å². The van der Waals surface area contributed by atoms with Crippen molar-refractivity contribution in [3.63, 3.8) is 0 Å². The molecule has 0 aliphatic carbocycles. The number of hydrogen-bond acceptors (Lipinski definition) is 9. The number of benzene rings is 1. The summed E-state index contributed by atoms with van der Waals surface area (Å²) in [5, 5.41) is 10.3. The lowest BCUT2D eigenvalue weighted by Crippen LogP contribution is -2.59. The molecule has 6 amide bonds. The van der Waals surface area contributed by atoms with Crippen LogP contribution in [0, 0.1) is 11.3 Å². The third kappa shape index (κ3) is 14.4. The van der Waals surface area contributed by atoms with E-state index in [-0.39, 0.29) is 37.8 Å². The number of amides is 6. The minimum Gasteiger partial charge on any atom is -0.449 e. The van der Waals surface area contributed by atoms with Gasteiger partial charge in [-0.3, -0.25) is 28.8 Å². The molecule has 1 aliphatic rings. The number of alkyl carbamates (subject to hydrolysis) is 1. The second kappa shape index (κ2) is 20.2. The summed E-state index contributed by atoms with van der Waals surface area (Å²) in [5.41, 5.74) is -0.833. The molecule has 4 N–H and O–H groups in total. The number of carbonyl (C=O) groups is 7. The molecule has 15 nitrogen and oxygen atoms in total. The fourth-order valence-electron chi connectivity index (χ4n) is 5.85. The molecule has 2 unspecified atom stereocenters. The summed E-state index contributed by atoms with van der Waals surface area (Å²) < 4.78 is 11.5. The highest BCUT2D eigenvalue weighted by Crippen LogP contribution is 2.29. The molecule has 54 heavy (non-hydrogen) atoms. The Bertz CT molecular complexity index is 1470. The average molecular weight is 759 g/mol. The van der Waals surface area contributed by atoms with Gasteiger partial charge in [-0.05, 0) is 44.1 Å². The lowest BCUT2D eigenvalue weighted by molar-refractivity contribution is -0.144. The molecule has 2 rings (SSSR count). The van der Waals surface area contributed by atoms with Crippen molar-refractivity contribution < 1.29 is 43.0 Å². The summed E-state index contributed by atoms with van der Waals surface area (Å²) >= 11 is 0. The van der Waals surface area contributed by atoms with Crippen molar-refractivity contribution in [3.05, 3.63) is 35.9 Å². The highest BCUT2D eigenvalue weighted by molar-refractivity contribution is 6.38. The van der Waals surface area contributed by atoms with Gasteiger partial charge in [0.25, 0.3) is 5.91 Å². The SMILES string of the molecule is CCCCC(NC(=O)C1C[C@@H](OC(C)(C)C)CN1C(=O)[C@@H](NC(=O)OCC(C)C)C(C)(C)C)C(=O)C(=O)NCC(=O)N[C@H](C(=O)N(C)C)c1ccccc1. The predicted octanol–water partition coefficient (Wildman–Crippen LogP) is 2.87. The van der Waals surface area contributed by atoms with E-state index in [1.165, 1.54) is 9.80 Å². The molecule has 302 valence electrons. The van der Waals surface area contributed by atoms with Gasteiger partial charge in [0.2, 0.25) is 29.4 Å². The van der Waals surface area contributed by atoms with Crippen molar-refractivity contribution in [2.45, 2.75) is 124 Å². The molecule has 15 heteroatoms. The van der Waals surface area contributed by atoms with E-state index in [4.69, 9.17) is 9.47 Å². The Kier molecular flexibility index (Phi) is 17.1. The van der Waals surface area contributed by atoms with Crippen LogP contribution in [-0.2, 0) is 38.2 Å². The van der Waals surface area contributed by atoms with Gasteiger partial charge in [0.05, 0.1) is 30.9 Å². The van der Waals surface area contributed by atoms with Gasteiger partial charge in [-0.25, -0.2) is 4.79 Å². The topological polar surface area (TPSA) is 193 Å². The van der Waals surface area contributed by atoms with Gasteiger partial charge in [-0.2, -0.15) is 0 Å². The van der Waals surface area contributed by atoms with Gasteiger partial charge < -0.3 is 40.5 Å². The Morgan fingerprint density at radius 3 is 2.09 bits per heavy atom. The van der Waals surface area contributed by atoms with Crippen LogP contribution in [0.5, 0.6) is 0 Å². The van der Waals surface area contributed by atoms with E-state index in [0.717, 1.165) is 0 Å². The molecule has 1 aromatic rings. The normalized spacial score (nSPS) is 17.5. The fraction of sp³-hybridized carbons (Fsp3) is 0.667. The first-order chi connectivity index (χ1) is 25.0. The van der Waals surface area contributed by atoms with Gasteiger partial charge in [0.1, 0.15) is 18.1 Å². The van der Waals surface area contributed by atoms with E-state index in [0.29, 0.717) is 18.4 Å². The monoisotopic (exact) mass is 758 g/mol. The quantitative estimate of drug-likeness (QED) is 0.173. The molecule has 0 radical (unpaired) electrons. The van der Waals surface area contributed by atoms with Crippen LogP contribution in [0.4, 0.5) is 4.79 Å². The molecule has 0 bridgehead atoms. The van der Waals surface area contributed by atoms with E-state index in [1.807, 2.05) is 41.5 Å². The van der Waals surface area contributed by atoms with Crippen LogP contribution in [0.15, 0.2) is 30.3 Å². The van der Waals surface area contributed by atoms with E-state index < -0.39 is 83.3 Å². The molecule has 1 aromatic carbocycles. The number of unbranched alkanes of at least 4 members (excludes halogenated alkanes) is 1. The third-order valence-electron chi connectivity index (χ3n) is 8.53. The van der Waals surface area contributed by atoms with Gasteiger partial charge in [0, 0.05) is 27.1 Å². The van der Waals surface area contributed by atoms with Crippen molar-refractivity contribution in [3.8, 4) is 0 Å². The zero-order valence-electron chi connectivity index (χ0n) is 33.9. The molecular formula is C39H62N6O9. The summed E-state index contributed by atoms with van der Waals surface area (Å²) in [6, 6.07) is 4.19. The zero-order chi connectivity index (χ0) is 41.0. The number of Topliss-reactive ketones (excluding diaryl/α,β-unsaturated/α-hetero) is 1. The molecule has 5 atom stereocenters. The zero-order valence-corrected chi connectivity index (χ0v) is 33.9. The lowest BCUT2D eigenvalue weighted by atomic mass is 9.85. The number of likely N-dealkylation sites (tertiary alicyclic amines) is 1. The molecular weight excluding hydrogens is 696 g/mol. The molecule has 1 heterocycles. The number of rotatable bonds is 17. The number of ketones is 1. The second-order valence-corrected chi connectivity index (χ2v) is 16.4. The molecule has 0 saturated carbocycles. The third-order valence-corrected chi connectivity index (χ3v) is 8.53. The second-order valence-electron chi connectivity index (χ2n) is 16.4. The van der Waals surface area contributed by atoms with E-state index in [1.54, 1.807) is 65.2 Å². The van der Waals surface area contributed by atoms with Gasteiger partial charge >= 0.3 is 6.09 Å². The van der Waals surface area contributed by atoms with Crippen LogP contribution in [-0.4, -0.2) is 115 Å². The summed E-state index contributed by atoms with van der Waals surface area (Å²) in [6.07, 6.45) is 0.0937. The van der Waals surface area contributed by atoms with Crippen LogP contribution in [0.2, 0.25) is 0 Å². The number of ether oxygens (including phenoxy) is 2. The average Bonchev–Trinajstić information content (AvgIpc) is 3.50. The maximum absolute atomic E-state index is 14.2. The van der Waals surface area contributed by atoms with Crippen LogP contribution >= 0.6 is 0 Å².